The van der Waals surface area contributed by atoms with E-state index in [1.54, 1.807) is 6.07 Å². The number of rotatable bonds is 5. The third-order valence-corrected chi connectivity index (χ3v) is 3.24. The SMILES string of the molecule is O=C(O)C[C@@H](NC(=O)C1COc2ccccc2C1)C(=O)O. The largest absolute Gasteiger partial charge is 0.492 e. The number of hydrogen-bond donors (Lipinski definition) is 3. The van der Waals surface area contributed by atoms with Gasteiger partial charge < -0.3 is 20.3 Å². The van der Waals surface area contributed by atoms with Gasteiger partial charge in [0.15, 0.2) is 0 Å². The van der Waals surface area contributed by atoms with Crippen LogP contribution in [0.25, 0.3) is 0 Å². The molecule has 1 heterocycles. The molecular formula is C14H15NO6. The van der Waals surface area contributed by atoms with Gasteiger partial charge in [0.25, 0.3) is 0 Å². The van der Waals surface area contributed by atoms with E-state index in [0.717, 1.165) is 5.56 Å². The highest BCUT2D eigenvalue weighted by molar-refractivity contribution is 5.88. The summed E-state index contributed by atoms with van der Waals surface area (Å²) in [6.07, 6.45) is -0.230. The summed E-state index contributed by atoms with van der Waals surface area (Å²) in [5, 5.41) is 19.8. The van der Waals surface area contributed by atoms with E-state index in [9.17, 15) is 14.4 Å². The maximum absolute atomic E-state index is 12.1. The zero-order valence-electron chi connectivity index (χ0n) is 11.1. The second-order valence-electron chi connectivity index (χ2n) is 4.82. The van der Waals surface area contributed by atoms with Crippen molar-refractivity contribution in [3.05, 3.63) is 29.8 Å². The van der Waals surface area contributed by atoms with Crippen molar-refractivity contribution in [2.75, 3.05) is 6.61 Å². The normalized spacial score (nSPS) is 18.0. The standard InChI is InChI=1S/C14H15NO6/c16-12(17)6-10(14(19)20)15-13(18)9-5-8-3-1-2-4-11(8)21-7-9/h1-4,9-10H,5-7H2,(H,15,18)(H,16,17)(H,19,20)/t9?,10-/m1/s1. The number of para-hydroxylation sites is 1. The van der Waals surface area contributed by atoms with Crippen LogP contribution in [0.2, 0.25) is 0 Å². The number of aliphatic carboxylic acids is 2. The molecule has 21 heavy (non-hydrogen) atoms. The van der Waals surface area contributed by atoms with Crippen LogP contribution in [-0.4, -0.2) is 40.7 Å². The summed E-state index contributed by atoms with van der Waals surface area (Å²) in [4.78, 5) is 33.6. The fourth-order valence-electron chi connectivity index (χ4n) is 2.16. The zero-order chi connectivity index (χ0) is 15.4. The second kappa shape index (κ2) is 6.25. The van der Waals surface area contributed by atoms with Crippen LogP contribution < -0.4 is 10.1 Å². The summed E-state index contributed by atoms with van der Waals surface area (Å²) in [5.41, 5.74) is 0.869. The molecule has 1 unspecified atom stereocenters. The number of fused-ring (bicyclic) bond motifs is 1. The monoisotopic (exact) mass is 293 g/mol. The van der Waals surface area contributed by atoms with Gasteiger partial charge in [0.05, 0.1) is 12.3 Å². The molecule has 1 aliphatic heterocycles. The molecule has 0 spiro atoms. The molecule has 3 N–H and O–H groups in total. The molecule has 1 aliphatic rings. The zero-order valence-corrected chi connectivity index (χ0v) is 11.1. The molecule has 0 fully saturated rings. The minimum atomic E-state index is -1.44. The molecule has 7 heteroatoms. The predicted molar refractivity (Wildman–Crippen MR) is 71.0 cm³/mol. The van der Waals surface area contributed by atoms with Gasteiger partial charge in [-0.15, -0.1) is 0 Å². The number of carbonyl (C=O) groups excluding carboxylic acids is 1. The maximum Gasteiger partial charge on any atom is 0.326 e. The van der Waals surface area contributed by atoms with Crippen molar-refractivity contribution >= 4 is 17.8 Å². The molecule has 112 valence electrons. The molecule has 1 aromatic carbocycles. The average molecular weight is 293 g/mol. The Balaban J connectivity index is 2.01. The van der Waals surface area contributed by atoms with Crippen molar-refractivity contribution < 1.29 is 29.3 Å². The summed E-state index contributed by atoms with van der Waals surface area (Å²) in [7, 11) is 0. The van der Waals surface area contributed by atoms with Crippen molar-refractivity contribution in [2.24, 2.45) is 5.92 Å². The molecule has 7 nitrogen and oxygen atoms in total. The third-order valence-electron chi connectivity index (χ3n) is 3.24. The maximum atomic E-state index is 12.1. The van der Waals surface area contributed by atoms with E-state index >= 15 is 0 Å². The summed E-state index contributed by atoms with van der Waals surface area (Å²) in [6, 6.07) is 5.85. The Labute approximate surface area is 120 Å². The number of ether oxygens (including phenoxy) is 1. The molecule has 0 aliphatic carbocycles. The Hall–Kier alpha value is -2.57. The van der Waals surface area contributed by atoms with E-state index in [4.69, 9.17) is 14.9 Å². The Bertz CT molecular complexity index is 570. The van der Waals surface area contributed by atoms with E-state index < -0.39 is 36.2 Å². The summed E-state index contributed by atoms with van der Waals surface area (Å²) in [6.45, 7) is 0.141. The molecular weight excluding hydrogens is 278 g/mol. The first kappa shape index (κ1) is 14.8. The quantitative estimate of drug-likeness (QED) is 0.719. The Morgan fingerprint density at radius 2 is 2.00 bits per heavy atom. The lowest BCUT2D eigenvalue weighted by molar-refractivity contribution is -0.147. The van der Waals surface area contributed by atoms with Gasteiger partial charge >= 0.3 is 11.9 Å². The number of nitrogens with one attached hydrogen (secondary N) is 1. The van der Waals surface area contributed by atoms with Crippen LogP contribution in [0.4, 0.5) is 0 Å². The lowest BCUT2D eigenvalue weighted by Gasteiger charge is -2.25. The van der Waals surface area contributed by atoms with Crippen molar-refractivity contribution in [1.29, 1.82) is 0 Å². The van der Waals surface area contributed by atoms with Gasteiger partial charge in [-0.1, -0.05) is 18.2 Å². The van der Waals surface area contributed by atoms with Gasteiger partial charge in [-0.05, 0) is 18.1 Å². The van der Waals surface area contributed by atoms with E-state index in [0.29, 0.717) is 12.2 Å². The molecule has 0 aromatic heterocycles. The van der Waals surface area contributed by atoms with Gasteiger partial charge in [-0.25, -0.2) is 4.79 Å². The Kier molecular flexibility index (Phi) is 4.42. The highest BCUT2D eigenvalue weighted by atomic mass is 16.5. The molecule has 2 atom stereocenters. The number of carboxylic acids is 2. The van der Waals surface area contributed by atoms with Crippen LogP contribution in [-0.2, 0) is 20.8 Å². The molecule has 0 saturated carbocycles. The first-order valence-electron chi connectivity index (χ1n) is 6.43. The van der Waals surface area contributed by atoms with Crippen LogP contribution in [0.3, 0.4) is 0 Å². The van der Waals surface area contributed by atoms with Crippen molar-refractivity contribution in [2.45, 2.75) is 18.9 Å². The van der Waals surface area contributed by atoms with Gasteiger partial charge in [-0.3, -0.25) is 9.59 Å². The smallest absolute Gasteiger partial charge is 0.326 e. The van der Waals surface area contributed by atoms with Gasteiger partial charge in [0.1, 0.15) is 18.4 Å². The predicted octanol–water partition coefficient (Wildman–Crippen LogP) is 0.282. The topological polar surface area (TPSA) is 113 Å². The number of amides is 1. The van der Waals surface area contributed by atoms with Crippen LogP contribution in [0.15, 0.2) is 24.3 Å². The first-order chi connectivity index (χ1) is 9.97. The van der Waals surface area contributed by atoms with Crippen molar-refractivity contribution in [3.63, 3.8) is 0 Å². The van der Waals surface area contributed by atoms with Crippen LogP contribution in [0, 0.1) is 5.92 Å². The Morgan fingerprint density at radius 1 is 1.29 bits per heavy atom. The minimum absolute atomic E-state index is 0.141. The summed E-state index contributed by atoms with van der Waals surface area (Å²) < 4.78 is 5.46. The number of carboxylic acid groups (broad SMARTS) is 2. The van der Waals surface area contributed by atoms with Crippen molar-refractivity contribution in [3.8, 4) is 5.75 Å². The Morgan fingerprint density at radius 3 is 2.67 bits per heavy atom. The minimum Gasteiger partial charge on any atom is -0.492 e. The van der Waals surface area contributed by atoms with Crippen LogP contribution >= 0.6 is 0 Å². The summed E-state index contributed by atoms with van der Waals surface area (Å²) >= 11 is 0. The molecule has 0 bridgehead atoms. The molecule has 1 amide bonds. The highest BCUT2D eigenvalue weighted by Crippen LogP contribution is 2.26. The fraction of sp³-hybridized carbons (Fsp3) is 0.357. The molecule has 0 saturated heterocycles. The van der Waals surface area contributed by atoms with Crippen LogP contribution in [0.5, 0.6) is 5.75 Å². The lowest BCUT2D eigenvalue weighted by atomic mass is 9.95. The van der Waals surface area contributed by atoms with E-state index in [1.807, 2.05) is 18.2 Å². The number of carbonyl (C=O) groups is 3. The van der Waals surface area contributed by atoms with Crippen molar-refractivity contribution in [1.82, 2.24) is 5.32 Å². The molecule has 0 radical (unpaired) electrons. The van der Waals surface area contributed by atoms with E-state index in [-0.39, 0.29) is 6.61 Å². The van der Waals surface area contributed by atoms with Gasteiger partial charge in [-0.2, -0.15) is 0 Å². The van der Waals surface area contributed by atoms with Crippen LogP contribution in [0.1, 0.15) is 12.0 Å². The number of hydrogen-bond acceptors (Lipinski definition) is 4. The molecule has 2 rings (SSSR count). The fourth-order valence-corrected chi connectivity index (χ4v) is 2.16. The van der Waals surface area contributed by atoms with E-state index in [1.165, 1.54) is 0 Å². The third kappa shape index (κ3) is 3.71. The highest BCUT2D eigenvalue weighted by Gasteiger charge is 2.30. The second-order valence-corrected chi connectivity index (χ2v) is 4.82. The molecule has 1 aromatic rings. The summed E-state index contributed by atoms with van der Waals surface area (Å²) in [5.74, 6) is -2.99. The average Bonchev–Trinajstić information content (AvgIpc) is 2.45. The van der Waals surface area contributed by atoms with Gasteiger partial charge in [0.2, 0.25) is 5.91 Å². The number of benzene rings is 1. The first-order valence-corrected chi connectivity index (χ1v) is 6.43. The van der Waals surface area contributed by atoms with Gasteiger partial charge in [0, 0.05) is 0 Å². The lowest BCUT2D eigenvalue weighted by Crippen LogP contribution is -2.47. The van der Waals surface area contributed by atoms with E-state index in [2.05, 4.69) is 5.32 Å².